The molecule has 170 valence electrons. The van der Waals surface area contributed by atoms with Gasteiger partial charge in [-0.3, -0.25) is 4.79 Å². The predicted molar refractivity (Wildman–Crippen MR) is 111 cm³/mol. The number of rotatable bonds is 6. The van der Waals surface area contributed by atoms with Crippen molar-refractivity contribution in [1.82, 2.24) is 20.1 Å². The molecule has 0 unspecified atom stereocenters. The zero-order valence-electron chi connectivity index (χ0n) is 17.1. The van der Waals surface area contributed by atoms with Crippen LogP contribution < -0.4 is 10.1 Å². The maximum absolute atomic E-state index is 12.7. The minimum atomic E-state index is -3.14. The van der Waals surface area contributed by atoms with Crippen molar-refractivity contribution in [2.45, 2.75) is 32.1 Å². The van der Waals surface area contributed by atoms with E-state index in [0.717, 1.165) is 0 Å². The summed E-state index contributed by atoms with van der Waals surface area (Å²) in [7, 11) is -3.14. The lowest BCUT2D eigenvalue weighted by molar-refractivity contribution is -0.0498. The van der Waals surface area contributed by atoms with Gasteiger partial charge in [-0.25, -0.2) is 18.1 Å². The van der Waals surface area contributed by atoms with Gasteiger partial charge in [0.2, 0.25) is 0 Å². The monoisotopic (exact) mass is 466 g/mol. The van der Waals surface area contributed by atoms with Crippen LogP contribution in [-0.4, -0.2) is 57.9 Å². The number of nitrogens with zero attached hydrogens (tertiary/aromatic N) is 3. The largest absolute Gasteiger partial charge is 0.435 e. The lowest BCUT2D eigenvalue weighted by Gasteiger charge is -2.38. The Bertz CT molecular complexity index is 1290. The van der Waals surface area contributed by atoms with E-state index in [2.05, 4.69) is 20.1 Å². The zero-order valence-corrected chi connectivity index (χ0v) is 17.9. The number of carbonyl (C=O) groups excluding carboxylic acids is 1. The summed E-state index contributed by atoms with van der Waals surface area (Å²) in [6, 6.07) is 7.34. The third kappa shape index (κ3) is 4.28. The van der Waals surface area contributed by atoms with E-state index in [1.165, 1.54) is 42.1 Å². The number of nitrogens with one attached hydrogen (secondary N) is 1. The number of sulfone groups is 1. The van der Waals surface area contributed by atoms with Gasteiger partial charge in [0.1, 0.15) is 11.4 Å². The molecular weight excluding hydrogens is 446 g/mol. The smallest absolute Gasteiger partial charge is 0.387 e. The molecule has 12 heteroatoms. The molecule has 0 radical (unpaired) electrons. The number of fused-ring (bicyclic) bond motifs is 1. The van der Waals surface area contributed by atoms with Crippen molar-refractivity contribution < 1.29 is 31.8 Å². The lowest BCUT2D eigenvalue weighted by atomic mass is 10.1. The fourth-order valence-corrected chi connectivity index (χ4v) is 5.78. The van der Waals surface area contributed by atoms with Gasteiger partial charge in [0, 0.05) is 17.6 Å². The quantitative estimate of drug-likeness (QED) is 0.569. The molecule has 3 heterocycles. The van der Waals surface area contributed by atoms with E-state index >= 15 is 0 Å². The molecule has 2 N–H and O–H groups in total. The Labute approximate surface area is 181 Å². The molecule has 9 nitrogen and oxygen atoms in total. The third-order valence-corrected chi connectivity index (χ3v) is 7.14. The van der Waals surface area contributed by atoms with Crippen molar-refractivity contribution in [1.29, 1.82) is 0 Å². The Kier molecular flexibility index (Phi) is 5.37. The van der Waals surface area contributed by atoms with Crippen LogP contribution in [0.3, 0.4) is 0 Å². The van der Waals surface area contributed by atoms with Gasteiger partial charge >= 0.3 is 6.61 Å². The van der Waals surface area contributed by atoms with Crippen LogP contribution in [0.4, 0.5) is 8.78 Å². The molecule has 0 aliphatic carbocycles. The van der Waals surface area contributed by atoms with E-state index in [4.69, 9.17) is 0 Å². The number of aromatic nitrogens is 3. The van der Waals surface area contributed by atoms with Crippen LogP contribution in [0.25, 0.3) is 16.7 Å². The number of halogens is 2. The number of aliphatic hydroxyl groups is 1. The number of pyridine rings is 1. The van der Waals surface area contributed by atoms with E-state index in [9.17, 15) is 27.1 Å². The third-order valence-electron chi connectivity index (χ3n) is 4.99. The second-order valence-electron chi connectivity index (χ2n) is 7.99. The molecule has 0 spiro atoms. The van der Waals surface area contributed by atoms with Gasteiger partial charge in [0.05, 0.1) is 34.4 Å². The predicted octanol–water partition coefficient (Wildman–Crippen LogP) is 1.99. The van der Waals surface area contributed by atoms with Crippen LogP contribution in [0, 0.1) is 0 Å². The van der Waals surface area contributed by atoms with Crippen LogP contribution in [0.2, 0.25) is 0 Å². The van der Waals surface area contributed by atoms with Crippen LogP contribution in [-0.2, 0) is 9.84 Å². The normalized spacial score (nSPS) is 17.7. The highest BCUT2D eigenvalue weighted by atomic mass is 32.2. The minimum absolute atomic E-state index is 0.0700. The van der Waals surface area contributed by atoms with E-state index in [0.29, 0.717) is 16.7 Å². The minimum Gasteiger partial charge on any atom is -0.435 e. The van der Waals surface area contributed by atoms with E-state index in [1.54, 1.807) is 13.0 Å². The SMILES string of the molecule is C[C@@H](O)c1nn(-c2cccc(OC(F)F)c2)c2ncc(C(=O)NC3(C)CS(=O)(=O)C3)cc12. The Hall–Kier alpha value is -3.12. The maximum atomic E-state index is 12.7. The molecule has 1 saturated heterocycles. The first-order valence-corrected chi connectivity index (χ1v) is 11.4. The number of hydrogen-bond donors (Lipinski definition) is 2. The van der Waals surface area contributed by atoms with E-state index < -0.39 is 34.0 Å². The number of carbonyl (C=O) groups is 1. The van der Waals surface area contributed by atoms with Gasteiger partial charge in [-0.2, -0.15) is 13.9 Å². The molecule has 4 rings (SSSR count). The van der Waals surface area contributed by atoms with Crippen LogP contribution in [0.15, 0.2) is 36.5 Å². The van der Waals surface area contributed by atoms with Gasteiger partial charge in [-0.05, 0) is 32.0 Å². The van der Waals surface area contributed by atoms with Gasteiger partial charge in [0.25, 0.3) is 5.91 Å². The van der Waals surface area contributed by atoms with E-state index in [1.807, 2.05) is 0 Å². The zero-order chi connectivity index (χ0) is 23.3. The molecule has 3 aromatic rings. The van der Waals surface area contributed by atoms with Gasteiger partial charge in [-0.1, -0.05) is 6.07 Å². The molecule has 1 aliphatic heterocycles. The van der Waals surface area contributed by atoms with Crippen molar-refractivity contribution in [3.8, 4) is 11.4 Å². The molecule has 1 aliphatic rings. The Morgan fingerprint density at radius 1 is 1.31 bits per heavy atom. The van der Waals surface area contributed by atoms with Crippen molar-refractivity contribution >= 4 is 26.8 Å². The number of amides is 1. The summed E-state index contributed by atoms with van der Waals surface area (Å²) >= 11 is 0. The number of ether oxygens (including phenoxy) is 1. The summed E-state index contributed by atoms with van der Waals surface area (Å²) in [6.45, 7) is 0.153. The molecule has 32 heavy (non-hydrogen) atoms. The van der Waals surface area contributed by atoms with Crippen molar-refractivity contribution in [3.63, 3.8) is 0 Å². The van der Waals surface area contributed by atoms with Crippen LogP contribution >= 0.6 is 0 Å². The highest BCUT2D eigenvalue weighted by Gasteiger charge is 2.45. The molecule has 1 fully saturated rings. The van der Waals surface area contributed by atoms with Crippen LogP contribution in [0.1, 0.15) is 36.0 Å². The molecule has 1 aromatic carbocycles. The first-order valence-electron chi connectivity index (χ1n) is 9.61. The van der Waals surface area contributed by atoms with Crippen molar-refractivity contribution in [3.05, 3.63) is 47.8 Å². The number of alkyl halides is 2. The summed E-state index contributed by atoms with van der Waals surface area (Å²) in [5.41, 5.74) is 0.216. The molecule has 2 aromatic heterocycles. The summed E-state index contributed by atoms with van der Waals surface area (Å²) in [5.74, 6) is -0.863. The van der Waals surface area contributed by atoms with Gasteiger partial charge < -0.3 is 15.2 Å². The maximum Gasteiger partial charge on any atom is 0.387 e. The standard InChI is InChI=1S/C20H20F2N4O5S/c1-11(27)16-15-6-12(18(28)24-20(2)9-32(29,30)10-20)8-23-17(15)26(25-16)13-4-3-5-14(7-13)31-19(21)22/h3-8,11,19,27H,9-10H2,1-2H3,(H,24,28)/t11-/m1/s1. The molecular formula is C20H20F2N4O5S. The summed E-state index contributed by atoms with van der Waals surface area (Å²) < 4.78 is 53.9. The highest BCUT2D eigenvalue weighted by molar-refractivity contribution is 7.93. The van der Waals surface area contributed by atoms with Crippen molar-refractivity contribution in [2.24, 2.45) is 0 Å². The number of benzene rings is 1. The van der Waals surface area contributed by atoms with Gasteiger partial charge in [-0.15, -0.1) is 0 Å². The Morgan fingerprint density at radius 2 is 2.03 bits per heavy atom. The lowest BCUT2D eigenvalue weighted by Crippen LogP contribution is -2.63. The molecule has 0 bridgehead atoms. The second kappa shape index (κ2) is 7.78. The average Bonchev–Trinajstić information content (AvgIpc) is 3.05. The number of aliphatic hydroxyl groups excluding tert-OH is 1. The average molecular weight is 466 g/mol. The van der Waals surface area contributed by atoms with E-state index in [-0.39, 0.29) is 28.5 Å². The topological polar surface area (TPSA) is 123 Å². The van der Waals surface area contributed by atoms with Gasteiger partial charge in [0.15, 0.2) is 15.5 Å². The fraction of sp³-hybridized carbons (Fsp3) is 0.350. The Morgan fingerprint density at radius 3 is 2.66 bits per heavy atom. The highest BCUT2D eigenvalue weighted by Crippen LogP contribution is 2.28. The number of hydrogen-bond acceptors (Lipinski definition) is 7. The summed E-state index contributed by atoms with van der Waals surface area (Å²) in [4.78, 5) is 17.0. The molecule has 1 amide bonds. The summed E-state index contributed by atoms with van der Waals surface area (Å²) in [6.07, 6.45) is 0.297. The first kappa shape index (κ1) is 22.1. The Balaban J connectivity index is 1.71. The fourth-order valence-electron chi connectivity index (χ4n) is 3.77. The summed E-state index contributed by atoms with van der Waals surface area (Å²) in [5, 5.41) is 17.6. The molecule has 0 saturated carbocycles. The van der Waals surface area contributed by atoms with Crippen molar-refractivity contribution in [2.75, 3.05) is 11.5 Å². The van der Waals surface area contributed by atoms with Crippen LogP contribution in [0.5, 0.6) is 5.75 Å². The second-order valence-corrected chi connectivity index (χ2v) is 10.1. The molecule has 1 atom stereocenters. The first-order chi connectivity index (χ1) is 15.0.